The molecule has 1 aromatic rings. The van der Waals surface area contributed by atoms with E-state index in [4.69, 9.17) is 4.74 Å². The van der Waals surface area contributed by atoms with Gasteiger partial charge in [-0.1, -0.05) is 29.3 Å². The van der Waals surface area contributed by atoms with Crippen LogP contribution in [-0.2, 0) is 0 Å². The Kier molecular flexibility index (Phi) is 4.28. The minimum atomic E-state index is -1.25. The number of carbonyl (C=O) groups excluding carboxylic acids is 1. The van der Waals surface area contributed by atoms with Crippen LogP contribution < -0.4 is 4.74 Å². The lowest BCUT2D eigenvalue weighted by Gasteiger charge is -2.40. The minimum Gasteiger partial charge on any atom is -0.488 e. The lowest BCUT2D eigenvalue weighted by atomic mass is 9.73. The third-order valence-corrected chi connectivity index (χ3v) is 4.13. The van der Waals surface area contributed by atoms with E-state index in [1.807, 2.05) is 6.92 Å². The topological polar surface area (TPSA) is 66.8 Å². The number of fused-ring (bicyclic) bond motifs is 1. The van der Waals surface area contributed by atoms with Crippen molar-refractivity contribution in [1.82, 2.24) is 0 Å². The van der Waals surface area contributed by atoms with Gasteiger partial charge in [0.2, 0.25) is 0 Å². The fourth-order valence-electron chi connectivity index (χ4n) is 2.46. The molecule has 1 aliphatic rings. The maximum Gasteiger partial charge on any atom is 0.181 e. The van der Waals surface area contributed by atoms with Gasteiger partial charge in [-0.05, 0) is 24.6 Å². The van der Waals surface area contributed by atoms with Crippen molar-refractivity contribution in [2.24, 2.45) is 5.41 Å². The number of ether oxygens (including phenoxy) is 1. The molecule has 0 radical (unpaired) electrons. The Morgan fingerprint density at radius 1 is 1.37 bits per heavy atom. The summed E-state index contributed by atoms with van der Waals surface area (Å²) in [5.74, 6) is 0.266. The molecule has 104 valence electrons. The van der Waals surface area contributed by atoms with E-state index < -0.39 is 24.7 Å². The molecule has 1 aliphatic heterocycles. The molecule has 19 heavy (non-hydrogen) atoms. The highest BCUT2D eigenvalue weighted by Gasteiger charge is 2.50. The van der Waals surface area contributed by atoms with E-state index in [9.17, 15) is 15.0 Å². The number of benzene rings is 1. The van der Waals surface area contributed by atoms with Crippen LogP contribution in [0.2, 0.25) is 0 Å². The predicted molar refractivity (Wildman–Crippen MR) is 74.4 cm³/mol. The zero-order chi connectivity index (χ0) is 14.0. The van der Waals surface area contributed by atoms with Crippen molar-refractivity contribution in [3.05, 3.63) is 28.2 Å². The number of ketones is 1. The van der Waals surface area contributed by atoms with Crippen molar-refractivity contribution in [1.29, 1.82) is 0 Å². The van der Waals surface area contributed by atoms with E-state index in [0.29, 0.717) is 17.7 Å². The highest BCUT2D eigenvalue weighted by atomic mass is 79.9. The molecule has 1 aromatic carbocycles. The maximum atomic E-state index is 12.6. The second-order valence-corrected chi connectivity index (χ2v) is 5.75. The molecule has 0 spiro atoms. The van der Waals surface area contributed by atoms with Crippen molar-refractivity contribution < 1.29 is 19.7 Å². The van der Waals surface area contributed by atoms with Crippen molar-refractivity contribution in [2.75, 3.05) is 13.2 Å². The molecular formula is C14H17BrO4. The Bertz CT molecular complexity index is 482. The SMILES string of the molecule is CCCC1Oc2ccc(Br)cc2C(=O)C1(CO)CO. The van der Waals surface area contributed by atoms with Crippen LogP contribution >= 0.6 is 15.9 Å². The molecule has 1 unspecified atom stereocenters. The van der Waals surface area contributed by atoms with Crippen LogP contribution in [0.25, 0.3) is 0 Å². The minimum absolute atomic E-state index is 0.251. The smallest absolute Gasteiger partial charge is 0.181 e. The molecule has 1 heterocycles. The summed E-state index contributed by atoms with van der Waals surface area (Å²) in [4.78, 5) is 12.6. The first kappa shape index (κ1) is 14.5. The molecule has 0 bridgehead atoms. The van der Waals surface area contributed by atoms with Crippen molar-refractivity contribution in [3.8, 4) is 5.75 Å². The van der Waals surface area contributed by atoms with E-state index in [1.54, 1.807) is 18.2 Å². The molecule has 0 saturated heterocycles. The molecule has 0 amide bonds. The molecule has 5 heteroatoms. The summed E-state index contributed by atoms with van der Waals surface area (Å²) in [5, 5.41) is 19.3. The second-order valence-electron chi connectivity index (χ2n) is 4.84. The number of Topliss-reactive ketones (excluding diaryl/α,β-unsaturated/α-hetero) is 1. The summed E-state index contributed by atoms with van der Waals surface area (Å²) in [6, 6.07) is 5.21. The average molecular weight is 329 g/mol. The Balaban J connectivity index is 2.52. The van der Waals surface area contributed by atoms with Gasteiger partial charge in [-0.2, -0.15) is 0 Å². The number of hydrogen-bond acceptors (Lipinski definition) is 4. The first-order valence-electron chi connectivity index (χ1n) is 6.31. The van der Waals surface area contributed by atoms with E-state index in [-0.39, 0.29) is 5.78 Å². The van der Waals surface area contributed by atoms with Gasteiger partial charge in [0.1, 0.15) is 17.3 Å². The molecule has 0 aromatic heterocycles. The highest BCUT2D eigenvalue weighted by molar-refractivity contribution is 9.10. The Hall–Kier alpha value is -0.910. The number of halogens is 1. The molecule has 0 saturated carbocycles. The molecule has 4 nitrogen and oxygen atoms in total. The summed E-state index contributed by atoms with van der Waals surface area (Å²) in [7, 11) is 0. The third-order valence-electron chi connectivity index (χ3n) is 3.64. The number of rotatable bonds is 4. The van der Waals surface area contributed by atoms with Gasteiger partial charge in [0.15, 0.2) is 5.78 Å². The highest BCUT2D eigenvalue weighted by Crippen LogP contribution is 2.41. The van der Waals surface area contributed by atoms with Crippen LogP contribution in [-0.4, -0.2) is 35.3 Å². The van der Waals surface area contributed by atoms with Crippen molar-refractivity contribution in [2.45, 2.75) is 25.9 Å². The maximum absolute atomic E-state index is 12.6. The van der Waals surface area contributed by atoms with Gasteiger partial charge in [0.05, 0.1) is 18.8 Å². The molecule has 2 rings (SSSR count). The standard InChI is InChI=1S/C14H17BrO4/c1-2-3-12-14(7-16,8-17)13(18)10-6-9(15)4-5-11(10)19-12/h4-6,12,16-17H,2-3,7-8H2,1H3. The fraction of sp³-hybridized carbons (Fsp3) is 0.500. The van der Waals surface area contributed by atoms with Crippen molar-refractivity contribution >= 4 is 21.7 Å². The number of aliphatic hydroxyl groups is 2. The Morgan fingerprint density at radius 3 is 2.63 bits per heavy atom. The fourth-order valence-corrected chi connectivity index (χ4v) is 2.82. The number of carbonyl (C=O) groups is 1. The largest absolute Gasteiger partial charge is 0.488 e. The van der Waals surface area contributed by atoms with Crippen LogP contribution in [0.3, 0.4) is 0 Å². The lowest BCUT2D eigenvalue weighted by Crippen LogP contribution is -2.53. The second kappa shape index (κ2) is 5.61. The molecule has 1 atom stereocenters. The van der Waals surface area contributed by atoms with E-state index in [0.717, 1.165) is 10.9 Å². The van der Waals surface area contributed by atoms with Gasteiger partial charge in [0.25, 0.3) is 0 Å². The third kappa shape index (κ3) is 2.30. The van der Waals surface area contributed by atoms with E-state index >= 15 is 0 Å². The average Bonchev–Trinajstić information content (AvgIpc) is 2.41. The zero-order valence-electron chi connectivity index (χ0n) is 10.7. The van der Waals surface area contributed by atoms with Gasteiger partial charge >= 0.3 is 0 Å². The molecule has 0 fully saturated rings. The lowest BCUT2D eigenvalue weighted by molar-refractivity contribution is -0.0336. The van der Waals surface area contributed by atoms with Crippen molar-refractivity contribution in [3.63, 3.8) is 0 Å². The normalized spacial score (nSPS) is 20.8. The predicted octanol–water partition coefficient (Wildman–Crippen LogP) is 2.16. The van der Waals surface area contributed by atoms with E-state index in [2.05, 4.69) is 15.9 Å². The first-order chi connectivity index (χ1) is 9.08. The first-order valence-corrected chi connectivity index (χ1v) is 7.11. The van der Waals surface area contributed by atoms with Crippen LogP contribution in [0.4, 0.5) is 0 Å². The summed E-state index contributed by atoms with van der Waals surface area (Å²) >= 11 is 3.31. The number of aliphatic hydroxyl groups excluding tert-OH is 2. The summed E-state index contributed by atoms with van der Waals surface area (Å²) in [6.07, 6.45) is 0.933. The van der Waals surface area contributed by atoms with Crippen LogP contribution in [0.15, 0.2) is 22.7 Å². The zero-order valence-corrected chi connectivity index (χ0v) is 12.3. The van der Waals surface area contributed by atoms with Gasteiger partial charge in [-0.25, -0.2) is 0 Å². The summed E-state index contributed by atoms with van der Waals surface area (Å²) in [6.45, 7) is 1.14. The summed E-state index contributed by atoms with van der Waals surface area (Å²) in [5.41, 5.74) is -0.839. The van der Waals surface area contributed by atoms with Crippen LogP contribution in [0, 0.1) is 5.41 Å². The van der Waals surface area contributed by atoms with Gasteiger partial charge < -0.3 is 14.9 Å². The summed E-state index contributed by atoms with van der Waals surface area (Å²) < 4.78 is 6.60. The van der Waals surface area contributed by atoms with E-state index in [1.165, 1.54) is 0 Å². The van der Waals surface area contributed by atoms with Crippen LogP contribution in [0.1, 0.15) is 30.1 Å². The number of hydrogen-bond donors (Lipinski definition) is 2. The Labute approximate surface area is 120 Å². The van der Waals surface area contributed by atoms with Crippen LogP contribution in [0.5, 0.6) is 5.75 Å². The quantitative estimate of drug-likeness (QED) is 0.888. The van der Waals surface area contributed by atoms with Gasteiger partial charge in [-0.15, -0.1) is 0 Å². The Morgan fingerprint density at radius 2 is 2.05 bits per heavy atom. The molecule has 2 N–H and O–H groups in total. The van der Waals surface area contributed by atoms with Gasteiger partial charge in [-0.3, -0.25) is 4.79 Å². The molecular weight excluding hydrogens is 312 g/mol. The van der Waals surface area contributed by atoms with Gasteiger partial charge in [0, 0.05) is 4.47 Å². The molecule has 0 aliphatic carbocycles. The monoisotopic (exact) mass is 328 g/mol.